The molecule has 1 aliphatic rings. The number of hydrogen-bond donors (Lipinski definition) is 1. The first-order chi connectivity index (χ1) is 9.06. The summed E-state index contributed by atoms with van der Waals surface area (Å²) in [6.45, 7) is 2.77. The molecule has 1 aliphatic heterocycles. The number of anilines is 1. The average Bonchev–Trinajstić information content (AvgIpc) is 2.38. The van der Waals surface area contributed by atoms with Crippen LogP contribution < -0.4 is 5.73 Å². The molecule has 5 heteroatoms. The summed E-state index contributed by atoms with van der Waals surface area (Å²) in [5.41, 5.74) is 6.25. The van der Waals surface area contributed by atoms with Gasteiger partial charge in [-0.1, -0.05) is 0 Å². The van der Waals surface area contributed by atoms with Gasteiger partial charge in [0.15, 0.2) is 0 Å². The molecule has 1 amide bonds. The van der Waals surface area contributed by atoms with E-state index in [0.717, 1.165) is 32.5 Å². The number of aromatic nitrogens is 1. The second kappa shape index (κ2) is 6.02. The van der Waals surface area contributed by atoms with Gasteiger partial charge in [-0.05, 0) is 45.0 Å². The van der Waals surface area contributed by atoms with Crippen molar-refractivity contribution in [2.45, 2.75) is 12.8 Å². The molecule has 0 atom stereocenters. The van der Waals surface area contributed by atoms with Gasteiger partial charge in [0.2, 0.25) is 0 Å². The van der Waals surface area contributed by atoms with E-state index >= 15 is 0 Å². The highest BCUT2D eigenvalue weighted by molar-refractivity contribution is 5.94. The summed E-state index contributed by atoms with van der Waals surface area (Å²) in [6, 6.07) is 3.37. The maximum absolute atomic E-state index is 12.3. The summed E-state index contributed by atoms with van der Waals surface area (Å²) in [5, 5.41) is 0. The largest absolute Gasteiger partial charge is 0.384 e. The molecule has 0 aromatic carbocycles. The first-order valence-corrected chi connectivity index (χ1v) is 6.72. The maximum Gasteiger partial charge on any atom is 0.254 e. The lowest BCUT2D eigenvalue weighted by molar-refractivity contribution is 0.0678. The number of pyridine rings is 1. The van der Waals surface area contributed by atoms with Crippen LogP contribution in [0.25, 0.3) is 0 Å². The Morgan fingerprint density at radius 3 is 2.74 bits per heavy atom. The molecule has 1 aromatic rings. The Kier molecular flexibility index (Phi) is 4.37. The molecule has 2 heterocycles. The molecule has 0 bridgehead atoms. The lowest BCUT2D eigenvalue weighted by atomic mass is 9.96. The zero-order chi connectivity index (χ0) is 13.8. The minimum Gasteiger partial charge on any atom is -0.384 e. The van der Waals surface area contributed by atoms with E-state index in [-0.39, 0.29) is 5.91 Å². The van der Waals surface area contributed by atoms with Gasteiger partial charge in [-0.25, -0.2) is 4.98 Å². The van der Waals surface area contributed by atoms with Crippen molar-refractivity contribution in [1.82, 2.24) is 14.8 Å². The highest BCUT2D eigenvalue weighted by atomic mass is 16.2. The van der Waals surface area contributed by atoms with E-state index in [9.17, 15) is 4.79 Å². The fourth-order valence-corrected chi connectivity index (χ4v) is 2.60. The number of carbonyl (C=O) groups is 1. The van der Waals surface area contributed by atoms with Crippen LogP contribution in [0, 0.1) is 5.92 Å². The van der Waals surface area contributed by atoms with Gasteiger partial charge in [0.25, 0.3) is 5.91 Å². The number of hydrogen-bond acceptors (Lipinski definition) is 4. The molecule has 1 aromatic heterocycles. The third-order valence-electron chi connectivity index (χ3n) is 3.55. The predicted molar refractivity (Wildman–Crippen MR) is 75.8 cm³/mol. The second-order valence-electron chi connectivity index (χ2n) is 5.47. The molecule has 1 saturated heterocycles. The monoisotopic (exact) mass is 262 g/mol. The van der Waals surface area contributed by atoms with Gasteiger partial charge in [-0.2, -0.15) is 0 Å². The topological polar surface area (TPSA) is 62.5 Å². The Bertz CT molecular complexity index is 439. The van der Waals surface area contributed by atoms with E-state index in [1.807, 2.05) is 4.90 Å². The van der Waals surface area contributed by atoms with Gasteiger partial charge < -0.3 is 15.5 Å². The van der Waals surface area contributed by atoms with Crippen molar-refractivity contribution in [3.8, 4) is 0 Å². The van der Waals surface area contributed by atoms with Crippen molar-refractivity contribution in [3.63, 3.8) is 0 Å². The number of nitrogens with two attached hydrogens (primary N) is 1. The molecule has 19 heavy (non-hydrogen) atoms. The minimum absolute atomic E-state index is 0.0670. The van der Waals surface area contributed by atoms with Gasteiger partial charge in [0.1, 0.15) is 5.82 Å². The van der Waals surface area contributed by atoms with Gasteiger partial charge >= 0.3 is 0 Å². The average molecular weight is 262 g/mol. The predicted octanol–water partition coefficient (Wildman–Crippen LogP) is 1.08. The Morgan fingerprint density at radius 2 is 2.16 bits per heavy atom. The van der Waals surface area contributed by atoms with Crippen molar-refractivity contribution in [3.05, 3.63) is 23.9 Å². The SMILES string of the molecule is CN(C)CC1CCN(C(=O)c2ccnc(N)c2)CC1. The van der Waals surface area contributed by atoms with Crippen LogP contribution in [0.4, 0.5) is 5.82 Å². The summed E-state index contributed by atoms with van der Waals surface area (Å²) in [6.07, 6.45) is 3.73. The van der Waals surface area contributed by atoms with E-state index in [0.29, 0.717) is 17.3 Å². The molecular weight excluding hydrogens is 240 g/mol. The van der Waals surface area contributed by atoms with Crippen molar-refractivity contribution >= 4 is 11.7 Å². The Balaban J connectivity index is 1.92. The van der Waals surface area contributed by atoms with Crippen LogP contribution in [0.5, 0.6) is 0 Å². The van der Waals surface area contributed by atoms with Crippen molar-refractivity contribution < 1.29 is 4.79 Å². The number of rotatable bonds is 3. The lowest BCUT2D eigenvalue weighted by Crippen LogP contribution is -2.40. The summed E-state index contributed by atoms with van der Waals surface area (Å²) < 4.78 is 0. The smallest absolute Gasteiger partial charge is 0.254 e. The maximum atomic E-state index is 12.3. The minimum atomic E-state index is 0.0670. The van der Waals surface area contributed by atoms with Gasteiger partial charge in [0.05, 0.1) is 0 Å². The molecule has 0 saturated carbocycles. The third-order valence-corrected chi connectivity index (χ3v) is 3.55. The Hall–Kier alpha value is -1.62. The van der Waals surface area contributed by atoms with E-state index in [1.165, 1.54) is 0 Å². The molecular formula is C14H22N4O. The van der Waals surface area contributed by atoms with Crippen molar-refractivity contribution in [2.75, 3.05) is 39.5 Å². The third kappa shape index (κ3) is 3.67. The summed E-state index contributed by atoms with van der Waals surface area (Å²) in [5.74, 6) is 1.16. The van der Waals surface area contributed by atoms with Crippen molar-refractivity contribution in [2.24, 2.45) is 5.92 Å². The Labute approximate surface area is 114 Å². The number of piperidine rings is 1. The van der Waals surface area contributed by atoms with Crippen LogP contribution in [0.15, 0.2) is 18.3 Å². The molecule has 0 unspecified atom stereocenters. The van der Waals surface area contributed by atoms with E-state index in [4.69, 9.17) is 5.73 Å². The van der Waals surface area contributed by atoms with Crippen LogP contribution in [0.3, 0.4) is 0 Å². The highest BCUT2D eigenvalue weighted by Gasteiger charge is 2.23. The first-order valence-electron chi connectivity index (χ1n) is 6.72. The van der Waals surface area contributed by atoms with Crippen LogP contribution >= 0.6 is 0 Å². The number of likely N-dealkylation sites (tertiary alicyclic amines) is 1. The quantitative estimate of drug-likeness (QED) is 0.885. The van der Waals surface area contributed by atoms with Crippen LogP contribution in [-0.4, -0.2) is 54.4 Å². The van der Waals surface area contributed by atoms with Crippen LogP contribution in [-0.2, 0) is 0 Å². The van der Waals surface area contributed by atoms with E-state index < -0.39 is 0 Å². The number of nitrogen functional groups attached to an aromatic ring is 1. The first kappa shape index (κ1) is 13.8. The number of amides is 1. The van der Waals surface area contributed by atoms with Gasteiger partial charge in [0, 0.05) is 31.4 Å². The lowest BCUT2D eigenvalue weighted by Gasteiger charge is -2.33. The standard InChI is InChI=1S/C14H22N4O/c1-17(2)10-11-4-7-18(8-5-11)14(19)12-3-6-16-13(15)9-12/h3,6,9,11H,4-5,7-8,10H2,1-2H3,(H2,15,16). The molecule has 0 aliphatic carbocycles. The molecule has 1 fully saturated rings. The highest BCUT2D eigenvalue weighted by Crippen LogP contribution is 2.19. The summed E-state index contributed by atoms with van der Waals surface area (Å²) >= 11 is 0. The molecule has 2 rings (SSSR count). The van der Waals surface area contributed by atoms with Crippen molar-refractivity contribution in [1.29, 1.82) is 0 Å². The second-order valence-corrected chi connectivity index (χ2v) is 5.47. The summed E-state index contributed by atoms with van der Waals surface area (Å²) in [7, 11) is 4.19. The van der Waals surface area contributed by atoms with E-state index in [1.54, 1.807) is 18.3 Å². The molecule has 2 N–H and O–H groups in total. The molecule has 0 spiro atoms. The number of nitrogens with zero attached hydrogens (tertiary/aromatic N) is 3. The number of carbonyl (C=O) groups excluding carboxylic acids is 1. The normalized spacial score (nSPS) is 16.9. The fourth-order valence-electron chi connectivity index (χ4n) is 2.60. The van der Waals surface area contributed by atoms with E-state index in [2.05, 4.69) is 24.0 Å². The zero-order valence-corrected chi connectivity index (χ0v) is 11.7. The molecule has 104 valence electrons. The Morgan fingerprint density at radius 1 is 1.47 bits per heavy atom. The van der Waals surface area contributed by atoms with Gasteiger partial charge in [-0.15, -0.1) is 0 Å². The van der Waals surface area contributed by atoms with Gasteiger partial charge in [-0.3, -0.25) is 4.79 Å². The molecule has 0 radical (unpaired) electrons. The summed E-state index contributed by atoms with van der Waals surface area (Å²) in [4.78, 5) is 20.4. The van der Waals surface area contributed by atoms with Crippen LogP contribution in [0.2, 0.25) is 0 Å². The fraction of sp³-hybridized carbons (Fsp3) is 0.571. The van der Waals surface area contributed by atoms with Crippen LogP contribution in [0.1, 0.15) is 23.2 Å². The zero-order valence-electron chi connectivity index (χ0n) is 11.7. The molecule has 5 nitrogen and oxygen atoms in total.